The summed E-state index contributed by atoms with van der Waals surface area (Å²) < 4.78 is 1.97. The summed E-state index contributed by atoms with van der Waals surface area (Å²) in [6, 6.07) is 11.2. The van der Waals surface area contributed by atoms with Crippen molar-refractivity contribution in [3.05, 3.63) is 55.0 Å². The second-order valence-electron chi connectivity index (χ2n) is 5.22. The van der Waals surface area contributed by atoms with Crippen LogP contribution in [0.1, 0.15) is 13.8 Å². The summed E-state index contributed by atoms with van der Waals surface area (Å²) >= 11 is 0. The minimum Gasteiger partial charge on any atom is -0.508 e. The van der Waals surface area contributed by atoms with Crippen molar-refractivity contribution in [3.63, 3.8) is 0 Å². The maximum Gasteiger partial charge on any atom is 0.144 e. The maximum absolute atomic E-state index is 9.67. The molecule has 0 unspecified atom stereocenters. The van der Waals surface area contributed by atoms with E-state index in [0.29, 0.717) is 0 Å². The number of hydrogen-bond donors (Lipinski definition) is 1. The molecule has 2 heterocycles. The summed E-state index contributed by atoms with van der Waals surface area (Å²) in [6.07, 6.45) is 5.49. The van der Waals surface area contributed by atoms with Crippen molar-refractivity contribution in [2.45, 2.75) is 13.8 Å². The summed E-state index contributed by atoms with van der Waals surface area (Å²) in [5.41, 5.74) is 1.81. The smallest absolute Gasteiger partial charge is 0.144 e. The number of pyridine rings is 1. The Morgan fingerprint density at radius 1 is 1.09 bits per heavy atom. The predicted molar refractivity (Wildman–Crippen MR) is 92.0 cm³/mol. The van der Waals surface area contributed by atoms with Crippen molar-refractivity contribution in [2.24, 2.45) is 0 Å². The van der Waals surface area contributed by atoms with Crippen LogP contribution in [0.25, 0.3) is 17.1 Å². The highest BCUT2D eigenvalue weighted by molar-refractivity contribution is 5.60. The first kappa shape index (κ1) is 15.1. The first-order valence-electron chi connectivity index (χ1n) is 7.77. The molecule has 1 aromatic carbocycles. The van der Waals surface area contributed by atoms with E-state index < -0.39 is 0 Å². The molecular weight excluding hydrogens is 288 g/mol. The molecule has 0 aliphatic rings. The number of anilines is 1. The Kier molecular flexibility index (Phi) is 4.28. The van der Waals surface area contributed by atoms with Crippen LogP contribution >= 0.6 is 0 Å². The van der Waals surface area contributed by atoms with E-state index in [9.17, 15) is 5.11 Å². The van der Waals surface area contributed by atoms with Gasteiger partial charge in [-0.15, -0.1) is 0 Å². The summed E-state index contributed by atoms with van der Waals surface area (Å²) in [7, 11) is 0. The van der Waals surface area contributed by atoms with Crippen LogP contribution in [0.2, 0.25) is 0 Å². The standard InChI is InChI=1S/C18H20N4O/c1-3-21(4-2)17-9-8-15(13-20-17)22-11-10-19-18(22)14-6-5-7-16(23)12-14/h5-13,23H,3-4H2,1-2H3. The fraction of sp³-hybridized carbons (Fsp3) is 0.222. The molecule has 5 nitrogen and oxygen atoms in total. The van der Waals surface area contributed by atoms with E-state index in [2.05, 4.69) is 28.7 Å². The van der Waals surface area contributed by atoms with E-state index in [-0.39, 0.29) is 5.75 Å². The molecule has 0 saturated heterocycles. The van der Waals surface area contributed by atoms with Crippen molar-refractivity contribution in [1.82, 2.24) is 14.5 Å². The minimum atomic E-state index is 0.229. The summed E-state index contributed by atoms with van der Waals surface area (Å²) in [5.74, 6) is 1.98. The second-order valence-corrected chi connectivity index (χ2v) is 5.22. The molecule has 23 heavy (non-hydrogen) atoms. The molecule has 0 saturated carbocycles. The lowest BCUT2D eigenvalue weighted by atomic mass is 10.2. The normalized spacial score (nSPS) is 10.7. The van der Waals surface area contributed by atoms with Gasteiger partial charge in [0.05, 0.1) is 11.9 Å². The topological polar surface area (TPSA) is 54.2 Å². The molecule has 0 aliphatic carbocycles. The fourth-order valence-corrected chi connectivity index (χ4v) is 2.63. The maximum atomic E-state index is 9.67. The molecule has 0 fully saturated rings. The third-order valence-electron chi connectivity index (χ3n) is 3.84. The SMILES string of the molecule is CCN(CC)c1ccc(-n2ccnc2-c2cccc(O)c2)cn1. The summed E-state index contributed by atoms with van der Waals surface area (Å²) in [4.78, 5) is 11.2. The molecule has 0 radical (unpaired) electrons. The highest BCUT2D eigenvalue weighted by Gasteiger charge is 2.10. The molecule has 1 N–H and O–H groups in total. The second kappa shape index (κ2) is 6.52. The van der Waals surface area contributed by atoms with Gasteiger partial charge in [0.2, 0.25) is 0 Å². The van der Waals surface area contributed by atoms with Crippen LogP contribution in [0.4, 0.5) is 5.82 Å². The molecule has 3 aromatic rings. The van der Waals surface area contributed by atoms with Crippen LogP contribution in [0.15, 0.2) is 55.0 Å². The third kappa shape index (κ3) is 3.04. The Morgan fingerprint density at radius 3 is 2.57 bits per heavy atom. The number of aromatic hydroxyl groups is 1. The number of hydrogen-bond acceptors (Lipinski definition) is 4. The van der Waals surface area contributed by atoms with E-state index in [1.165, 1.54) is 0 Å². The van der Waals surface area contributed by atoms with Crippen molar-refractivity contribution in [1.29, 1.82) is 0 Å². The van der Waals surface area contributed by atoms with Crippen LogP contribution in [-0.4, -0.2) is 32.7 Å². The molecular formula is C18H20N4O. The van der Waals surface area contributed by atoms with Gasteiger partial charge in [0.1, 0.15) is 17.4 Å². The van der Waals surface area contributed by atoms with Crippen molar-refractivity contribution < 1.29 is 5.11 Å². The van der Waals surface area contributed by atoms with Gasteiger partial charge in [-0.1, -0.05) is 12.1 Å². The Labute approximate surface area is 135 Å². The predicted octanol–water partition coefficient (Wildman–Crippen LogP) is 3.49. The van der Waals surface area contributed by atoms with Gasteiger partial charge in [-0.3, -0.25) is 4.57 Å². The van der Waals surface area contributed by atoms with Gasteiger partial charge >= 0.3 is 0 Å². The summed E-state index contributed by atoms with van der Waals surface area (Å²) in [6.45, 7) is 6.11. The van der Waals surface area contributed by atoms with Gasteiger partial charge in [-0.2, -0.15) is 0 Å². The fourth-order valence-electron chi connectivity index (χ4n) is 2.63. The lowest BCUT2D eigenvalue weighted by molar-refractivity contribution is 0.475. The number of phenolic OH excluding ortho intramolecular Hbond substituents is 1. The number of aromatic nitrogens is 3. The summed E-state index contributed by atoms with van der Waals surface area (Å²) in [5, 5.41) is 9.67. The zero-order chi connectivity index (χ0) is 16.2. The molecule has 3 rings (SSSR count). The average Bonchev–Trinajstić information content (AvgIpc) is 3.06. The molecule has 2 aromatic heterocycles. The Hall–Kier alpha value is -2.82. The number of phenols is 1. The minimum absolute atomic E-state index is 0.229. The van der Waals surface area contributed by atoms with Gasteiger partial charge in [0.25, 0.3) is 0 Å². The van der Waals surface area contributed by atoms with E-state index in [0.717, 1.165) is 36.0 Å². The van der Waals surface area contributed by atoms with Gasteiger partial charge in [0.15, 0.2) is 0 Å². The number of benzene rings is 1. The van der Waals surface area contributed by atoms with Crippen molar-refractivity contribution in [3.8, 4) is 22.8 Å². The lowest BCUT2D eigenvalue weighted by Crippen LogP contribution is -2.22. The molecule has 0 amide bonds. The molecule has 0 aliphatic heterocycles. The van der Waals surface area contributed by atoms with Gasteiger partial charge in [-0.05, 0) is 38.1 Å². The van der Waals surface area contributed by atoms with Gasteiger partial charge < -0.3 is 10.0 Å². The first-order valence-corrected chi connectivity index (χ1v) is 7.77. The van der Waals surface area contributed by atoms with Gasteiger partial charge in [0, 0.05) is 31.0 Å². The third-order valence-corrected chi connectivity index (χ3v) is 3.84. The molecule has 118 valence electrons. The van der Waals surface area contributed by atoms with Gasteiger partial charge in [-0.25, -0.2) is 9.97 Å². The van der Waals surface area contributed by atoms with Crippen molar-refractivity contribution in [2.75, 3.05) is 18.0 Å². The molecule has 0 bridgehead atoms. The Bertz CT molecular complexity index is 776. The Morgan fingerprint density at radius 2 is 1.91 bits per heavy atom. The van der Waals surface area contributed by atoms with E-state index >= 15 is 0 Å². The zero-order valence-electron chi connectivity index (χ0n) is 13.3. The highest BCUT2D eigenvalue weighted by Crippen LogP contribution is 2.24. The number of rotatable bonds is 5. The van der Waals surface area contributed by atoms with E-state index in [4.69, 9.17) is 0 Å². The van der Waals surface area contributed by atoms with E-state index in [1.807, 2.05) is 41.2 Å². The Balaban J connectivity index is 1.96. The van der Waals surface area contributed by atoms with E-state index in [1.54, 1.807) is 18.3 Å². The lowest BCUT2D eigenvalue weighted by Gasteiger charge is -2.19. The largest absolute Gasteiger partial charge is 0.508 e. The highest BCUT2D eigenvalue weighted by atomic mass is 16.3. The molecule has 5 heteroatoms. The molecule has 0 spiro atoms. The van der Waals surface area contributed by atoms with Crippen LogP contribution in [-0.2, 0) is 0 Å². The zero-order valence-corrected chi connectivity index (χ0v) is 13.3. The average molecular weight is 308 g/mol. The van der Waals surface area contributed by atoms with Crippen LogP contribution < -0.4 is 4.90 Å². The first-order chi connectivity index (χ1) is 11.2. The van der Waals surface area contributed by atoms with Crippen LogP contribution in [0, 0.1) is 0 Å². The van der Waals surface area contributed by atoms with Crippen molar-refractivity contribution >= 4 is 5.82 Å². The quantitative estimate of drug-likeness (QED) is 0.784. The number of imidazole rings is 1. The number of nitrogens with zero attached hydrogens (tertiary/aromatic N) is 4. The van der Waals surface area contributed by atoms with Crippen LogP contribution in [0.3, 0.4) is 0 Å². The molecule has 0 atom stereocenters. The van der Waals surface area contributed by atoms with Crippen LogP contribution in [0.5, 0.6) is 5.75 Å². The monoisotopic (exact) mass is 308 g/mol.